The maximum absolute atomic E-state index is 11.2. The fourth-order valence-corrected chi connectivity index (χ4v) is 1.03. The van der Waals surface area contributed by atoms with E-state index >= 15 is 0 Å². The first kappa shape index (κ1) is 7.49. The van der Waals surface area contributed by atoms with Crippen LogP contribution in [-0.4, -0.2) is 22.5 Å². The van der Waals surface area contributed by atoms with Crippen LogP contribution >= 0.6 is 0 Å². The Balaban J connectivity index is 2.24. The van der Waals surface area contributed by atoms with Gasteiger partial charge < -0.3 is 4.74 Å². The van der Waals surface area contributed by atoms with E-state index in [1.807, 2.05) is 6.92 Å². The molecule has 64 valence electrons. The van der Waals surface area contributed by atoms with E-state index in [4.69, 9.17) is 4.74 Å². The second-order valence-corrected chi connectivity index (χ2v) is 3.01. The topological polar surface area (TPSA) is 47.4 Å². The van der Waals surface area contributed by atoms with Gasteiger partial charge >= 0.3 is 0 Å². The lowest BCUT2D eigenvalue weighted by Gasteiger charge is -2.00. The van der Waals surface area contributed by atoms with Crippen molar-refractivity contribution in [3.8, 4) is 0 Å². The third-order valence-electron chi connectivity index (χ3n) is 1.79. The van der Waals surface area contributed by atoms with E-state index in [1.165, 1.54) is 4.68 Å². The molecule has 1 unspecified atom stereocenters. The van der Waals surface area contributed by atoms with Crippen LogP contribution in [0.3, 0.4) is 0 Å². The van der Waals surface area contributed by atoms with Crippen molar-refractivity contribution < 1.29 is 4.74 Å². The number of hydrogen-bond donors (Lipinski definition) is 0. The number of hydrogen-bond acceptors (Lipinski definition) is 3. The molecule has 0 spiro atoms. The zero-order chi connectivity index (χ0) is 8.55. The molecule has 0 amide bonds. The van der Waals surface area contributed by atoms with Gasteiger partial charge in [0.2, 0.25) is 0 Å². The highest BCUT2D eigenvalue weighted by Gasteiger charge is 2.23. The average molecular weight is 166 g/mol. The lowest BCUT2D eigenvalue weighted by atomic mass is 10.3. The Kier molecular flexibility index (Phi) is 1.69. The molecular formula is C8H10N2O2. The molecule has 4 nitrogen and oxygen atoms in total. The van der Waals surface area contributed by atoms with Gasteiger partial charge in [-0.1, -0.05) is 0 Å². The van der Waals surface area contributed by atoms with Crippen LogP contribution in [0.15, 0.2) is 17.1 Å². The summed E-state index contributed by atoms with van der Waals surface area (Å²) in [5, 5.41) is 3.98. The van der Waals surface area contributed by atoms with Crippen LogP contribution in [0.5, 0.6) is 0 Å². The molecule has 0 aliphatic carbocycles. The Morgan fingerprint density at radius 3 is 3.17 bits per heavy atom. The summed E-state index contributed by atoms with van der Waals surface area (Å²) in [5.74, 6) is 0. The van der Waals surface area contributed by atoms with Gasteiger partial charge in [0.1, 0.15) is 6.10 Å². The van der Waals surface area contributed by atoms with Gasteiger partial charge in [0, 0.05) is 6.07 Å². The van der Waals surface area contributed by atoms with Gasteiger partial charge in [-0.25, -0.2) is 4.68 Å². The van der Waals surface area contributed by atoms with Gasteiger partial charge in [-0.15, -0.1) is 0 Å². The summed E-state index contributed by atoms with van der Waals surface area (Å²) in [6, 6.07) is 1.58. The van der Waals surface area contributed by atoms with E-state index < -0.39 is 0 Å². The van der Waals surface area contributed by atoms with Crippen LogP contribution in [-0.2, 0) is 11.3 Å². The molecule has 4 heteroatoms. The van der Waals surface area contributed by atoms with E-state index in [1.54, 1.807) is 12.3 Å². The predicted octanol–water partition coefficient (Wildman–Crippen LogP) is -0.0495. The van der Waals surface area contributed by atoms with Gasteiger partial charge in [-0.05, 0) is 12.5 Å². The summed E-state index contributed by atoms with van der Waals surface area (Å²) >= 11 is 0. The first-order chi connectivity index (χ1) is 5.75. The smallest absolute Gasteiger partial charge is 0.267 e. The Morgan fingerprint density at radius 2 is 2.58 bits per heavy atom. The van der Waals surface area contributed by atoms with E-state index in [2.05, 4.69) is 5.10 Å². The third kappa shape index (κ3) is 1.53. The molecule has 0 saturated carbocycles. The SMILES string of the molecule is Cc1cnn(CC2CO2)c(=O)c1. The number of aryl methyl sites for hydroxylation is 1. The molecule has 2 heterocycles. The fourth-order valence-electron chi connectivity index (χ4n) is 1.03. The fraction of sp³-hybridized carbons (Fsp3) is 0.500. The highest BCUT2D eigenvalue weighted by atomic mass is 16.6. The predicted molar refractivity (Wildman–Crippen MR) is 43.0 cm³/mol. The van der Waals surface area contributed by atoms with Crippen molar-refractivity contribution in [3.05, 3.63) is 28.2 Å². The number of epoxide rings is 1. The van der Waals surface area contributed by atoms with Crippen molar-refractivity contribution in [3.63, 3.8) is 0 Å². The normalized spacial score (nSPS) is 20.9. The first-order valence-corrected chi connectivity index (χ1v) is 3.91. The van der Waals surface area contributed by atoms with Gasteiger partial charge in [0.15, 0.2) is 0 Å². The standard InChI is InChI=1S/C8H10N2O2/c1-6-2-8(11)10(9-3-6)4-7-5-12-7/h2-3,7H,4-5H2,1H3. The zero-order valence-corrected chi connectivity index (χ0v) is 6.86. The lowest BCUT2D eigenvalue weighted by molar-refractivity contribution is 0.368. The molecule has 1 atom stereocenters. The van der Waals surface area contributed by atoms with E-state index in [9.17, 15) is 4.79 Å². The van der Waals surface area contributed by atoms with Crippen molar-refractivity contribution in [1.82, 2.24) is 9.78 Å². The zero-order valence-electron chi connectivity index (χ0n) is 6.86. The maximum Gasteiger partial charge on any atom is 0.267 e. The average Bonchev–Trinajstić information content (AvgIpc) is 2.79. The van der Waals surface area contributed by atoms with Crippen LogP contribution in [0.25, 0.3) is 0 Å². The molecule has 0 radical (unpaired) electrons. The van der Waals surface area contributed by atoms with Crippen molar-refractivity contribution in [2.24, 2.45) is 0 Å². The molecule has 1 fully saturated rings. The van der Waals surface area contributed by atoms with Gasteiger partial charge in [-0.3, -0.25) is 4.79 Å². The van der Waals surface area contributed by atoms with Crippen LogP contribution in [0.2, 0.25) is 0 Å². The monoisotopic (exact) mass is 166 g/mol. The summed E-state index contributed by atoms with van der Waals surface area (Å²) in [7, 11) is 0. The number of ether oxygens (including phenoxy) is 1. The van der Waals surface area contributed by atoms with Gasteiger partial charge in [0.05, 0.1) is 19.3 Å². The summed E-state index contributed by atoms with van der Waals surface area (Å²) in [5.41, 5.74) is 0.846. The number of rotatable bonds is 2. The van der Waals surface area contributed by atoms with Crippen molar-refractivity contribution in [2.45, 2.75) is 19.6 Å². The molecule has 1 saturated heterocycles. The number of aromatic nitrogens is 2. The second kappa shape index (κ2) is 2.71. The highest BCUT2D eigenvalue weighted by molar-refractivity contribution is 5.02. The highest BCUT2D eigenvalue weighted by Crippen LogP contribution is 2.09. The first-order valence-electron chi connectivity index (χ1n) is 3.91. The third-order valence-corrected chi connectivity index (χ3v) is 1.79. The lowest BCUT2D eigenvalue weighted by Crippen LogP contribution is -2.24. The molecule has 0 bridgehead atoms. The minimum atomic E-state index is -0.0505. The quantitative estimate of drug-likeness (QED) is 0.579. The summed E-state index contributed by atoms with van der Waals surface area (Å²) in [4.78, 5) is 11.2. The van der Waals surface area contributed by atoms with Crippen LogP contribution < -0.4 is 5.56 Å². The molecule has 12 heavy (non-hydrogen) atoms. The Labute approximate surface area is 69.8 Å². The van der Waals surface area contributed by atoms with Crippen LogP contribution in [0.1, 0.15) is 5.56 Å². The summed E-state index contributed by atoms with van der Waals surface area (Å²) < 4.78 is 6.43. The molecule has 0 N–H and O–H groups in total. The van der Waals surface area contributed by atoms with E-state index in [0.717, 1.165) is 12.2 Å². The molecule has 1 aromatic rings. The van der Waals surface area contributed by atoms with Crippen molar-refractivity contribution in [1.29, 1.82) is 0 Å². The molecule has 1 aliphatic rings. The largest absolute Gasteiger partial charge is 0.371 e. The van der Waals surface area contributed by atoms with Crippen molar-refractivity contribution in [2.75, 3.05) is 6.61 Å². The minimum Gasteiger partial charge on any atom is -0.371 e. The molecular weight excluding hydrogens is 156 g/mol. The molecule has 1 aromatic heterocycles. The van der Waals surface area contributed by atoms with E-state index in [-0.39, 0.29) is 11.7 Å². The summed E-state index contributed by atoms with van der Waals surface area (Å²) in [6.45, 7) is 3.19. The Morgan fingerprint density at radius 1 is 1.83 bits per heavy atom. The Hall–Kier alpha value is -1.16. The van der Waals surface area contributed by atoms with Gasteiger partial charge in [0.25, 0.3) is 5.56 Å². The second-order valence-electron chi connectivity index (χ2n) is 3.01. The number of nitrogens with zero attached hydrogens (tertiary/aromatic N) is 2. The van der Waals surface area contributed by atoms with Crippen LogP contribution in [0.4, 0.5) is 0 Å². The van der Waals surface area contributed by atoms with Crippen LogP contribution in [0, 0.1) is 6.92 Å². The molecule has 0 aromatic carbocycles. The Bertz CT molecular complexity index is 341. The van der Waals surface area contributed by atoms with E-state index in [0.29, 0.717) is 6.54 Å². The summed E-state index contributed by atoms with van der Waals surface area (Å²) in [6.07, 6.45) is 1.89. The molecule has 2 rings (SSSR count). The maximum atomic E-state index is 11.2. The minimum absolute atomic E-state index is 0.0505. The van der Waals surface area contributed by atoms with Gasteiger partial charge in [-0.2, -0.15) is 5.10 Å². The van der Waals surface area contributed by atoms with Crippen molar-refractivity contribution >= 4 is 0 Å². The molecule has 1 aliphatic heterocycles.